The lowest BCUT2D eigenvalue weighted by atomic mass is 10.0. The van der Waals surface area contributed by atoms with Crippen molar-refractivity contribution in [1.82, 2.24) is 9.62 Å². The molecule has 2 heterocycles. The maximum absolute atomic E-state index is 13.2. The summed E-state index contributed by atoms with van der Waals surface area (Å²) in [6, 6.07) is 18.2. The summed E-state index contributed by atoms with van der Waals surface area (Å²) in [4.78, 5) is 16.4. The van der Waals surface area contributed by atoms with E-state index in [0.717, 1.165) is 35.5 Å². The second kappa shape index (κ2) is 10.5. The molecule has 2 aromatic carbocycles. The van der Waals surface area contributed by atoms with E-state index in [-0.39, 0.29) is 16.8 Å². The molecular weight excluding hydrogens is 456 g/mol. The molecule has 0 bridgehead atoms. The van der Waals surface area contributed by atoms with E-state index in [2.05, 4.69) is 10.8 Å². The molecule has 0 saturated carbocycles. The average Bonchev–Trinajstić information content (AvgIpc) is 3.51. The van der Waals surface area contributed by atoms with Crippen LogP contribution in [0.25, 0.3) is 0 Å². The van der Waals surface area contributed by atoms with Crippen molar-refractivity contribution in [3.63, 3.8) is 0 Å². The summed E-state index contributed by atoms with van der Waals surface area (Å²) in [7, 11) is -1.97. The van der Waals surface area contributed by atoms with E-state index in [0.29, 0.717) is 25.1 Å². The number of likely N-dealkylation sites (tertiary alicyclic amines) is 1. The molecule has 0 spiro atoms. The predicted octanol–water partition coefficient (Wildman–Crippen LogP) is 4.13. The van der Waals surface area contributed by atoms with Gasteiger partial charge in [0.2, 0.25) is 10.0 Å². The number of nitrogens with one attached hydrogen (secondary N) is 1. The van der Waals surface area contributed by atoms with E-state index in [1.807, 2.05) is 40.6 Å². The Balaban J connectivity index is 1.39. The van der Waals surface area contributed by atoms with Crippen molar-refractivity contribution in [2.75, 3.05) is 20.2 Å². The molecule has 6 nitrogen and oxygen atoms in total. The van der Waals surface area contributed by atoms with Gasteiger partial charge in [-0.15, -0.1) is 11.3 Å². The standard InChI is InChI=1S/C25H28N2O4S2/c1-31-22-7-2-5-19(18-22)17-21-6-3-15-27(21)25(28)20-9-11-24(12-10-20)33(29,30)26-14-13-23-8-4-16-32-23/h2,4-5,7-12,16,18,21,26H,3,6,13-15,17H2,1H3. The van der Waals surface area contributed by atoms with Crippen LogP contribution in [-0.4, -0.2) is 45.5 Å². The quantitative estimate of drug-likeness (QED) is 0.496. The molecule has 1 aliphatic rings. The molecule has 1 fully saturated rings. The molecule has 174 valence electrons. The van der Waals surface area contributed by atoms with Crippen LogP contribution >= 0.6 is 11.3 Å². The first-order valence-corrected chi connectivity index (χ1v) is 13.4. The number of thiophene rings is 1. The van der Waals surface area contributed by atoms with E-state index in [4.69, 9.17) is 4.74 Å². The fourth-order valence-corrected chi connectivity index (χ4v) is 5.92. The van der Waals surface area contributed by atoms with Crippen LogP contribution in [0.3, 0.4) is 0 Å². The maximum atomic E-state index is 13.2. The highest BCUT2D eigenvalue weighted by Crippen LogP contribution is 2.25. The van der Waals surface area contributed by atoms with Crippen molar-refractivity contribution in [3.05, 3.63) is 82.0 Å². The predicted molar refractivity (Wildman–Crippen MR) is 130 cm³/mol. The Labute approximate surface area is 199 Å². The van der Waals surface area contributed by atoms with Gasteiger partial charge in [0.25, 0.3) is 5.91 Å². The number of benzene rings is 2. The number of rotatable bonds is 9. The topological polar surface area (TPSA) is 75.7 Å². The Morgan fingerprint density at radius 1 is 1.15 bits per heavy atom. The third-order valence-electron chi connectivity index (χ3n) is 5.90. The molecule has 33 heavy (non-hydrogen) atoms. The van der Waals surface area contributed by atoms with Gasteiger partial charge in [-0.25, -0.2) is 13.1 Å². The summed E-state index contributed by atoms with van der Waals surface area (Å²) in [6.45, 7) is 1.04. The SMILES string of the molecule is COc1cccc(CC2CCCN2C(=O)c2ccc(S(=O)(=O)NCCc3cccs3)cc2)c1. The zero-order chi connectivity index (χ0) is 23.3. The molecule has 4 rings (SSSR count). The van der Waals surface area contributed by atoms with Gasteiger partial charge >= 0.3 is 0 Å². The number of methoxy groups -OCH3 is 1. The minimum atomic E-state index is -3.62. The average molecular weight is 485 g/mol. The third-order valence-corrected chi connectivity index (χ3v) is 8.31. The van der Waals surface area contributed by atoms with Crippen molar-refractivity contribution in [3.8, 4) is 5.75 Å². The van der Waals surface area contributed by atoms with Crippen molar-refractivity contribution in [2.45, 2.75) is 36.6 Å². The number of hydrogen-bond acceptors (Lipinski definition) is 5. The van der Waals surface area contributed by atoms with Crippen LogP contribution in [0.15, 0.2) is 70.9 Å². The number of carbonyl (C=O) groups excluding carboxylic acids is 1. The fraction of sp³-hybridized carbons (Fsp3) is 0.320. The molecule has 3 aromatic rings. The van der Waals surface area contributed by atoms with E-state index < -0.39 is 10.0 Å². The molecule has 1 unspecified atom stereocenters. The molecule has 0 aliphatic carbocycles. The van der Waals surface area contributed by atoms with Gasteiger partial charge in [-0.3, -0.25) is 4.79 Å². The monoisotopic (exact) mass is 484 g/mol. The van der Waals surface area contributed by atoms with Crippen molar-refractivity contribution >= 4 is 27.3 Å². The van der Waals surface area contributed by atoms with Gasteiger partial charge in [-0.1, -0.05) is 18.2 Å². The number of hydrogen-bond donors (Lipinski definition) is 1. The highest BCUT2D eigenvalue weighted by Gasteiger charge is 2.29. The van der Waals surface area contributed by atoms with Gasteiger partial charge in [0, 0.05) is 29.6 Å². The van der Waals surface area contributed by atoms with Crippen molar-refractivity contribution < 1.29 is 17.9 Å². The van der Waals surface area contributed by atoms with Crippen molar-refractivity contribution in [2.24, 2.45) is 0 Å². The highest BCUT2D eigenvalue weighted by atomic mass is 32.2. The lowest BCUT2D eigenvalue weighted by Crippen LogP contribution is -2.36. The van der Waals surface area contributed by atoms with Crippen LogP contribution in [0.2, 0.25) is 0 Å². The summed E-state index contributed by atoms with van der Waals surface area (Å²) >= 11 is 1.61. The second-order valence-corrected chi connectivity index (χ2v) is 10.9. The smallest absolute Gasteiger partial charge is 0.254 e. The van der Waals surface area contributed by atoms with E-state index in [1.54, 1.807) is 30.6 Å². The summed E-state index contributed by atoms with van der Waals surface area (Å²) in [6.07, 6.45) is 3.32. The molecule has 1 aromatic heterocycles. The lowest BCUT2D eigenvalue weighted by molar-refractivity contribution is 0.0736. The second-order valence-electron chi connectivity index (χ2n) is 8.10. The van der Waals surface area contributed by atoms with Gasteiger partial charge < -0.3 is 9.64 Å². The summed E-state index contributed by atoms with van der Waals surface area (Å²) in [5.41, 5.74) is 1.64. The van der Waals surface area contributed by atoms with Gasteiger partial charge in [-0.2, -0.15) is 0 Å². The Kier molecular flexibility index (Phi) is 7.47. The number of amides is 1. The molecule has 1 amide bonds. The third kappa shape index (κ3) is 5.82. The normalized spacial score (nSPS) is 16.2. The van der Waals surface area contributed by atoms with E-state index >= 15 is 0 Å². The highest BCUT2D eigenvalue weighted by molar-refractivity contribution is 7.89. The van der Waals surface area contributed by atoms with Crippen LogP contribution < -0.4 is 9.46 Å². The number of sulfonamides is 1. The summed E-state index contributed by atoms with van der Waals surface area (Å²) < 4.78 is 33.1. The van der Waals surface area contributed by atoms with Crippen LogP contribution in [0, 0.1) is 0 Å². The molecular formula is C25H28N2O4S2. The number of ether oxygens (including phenoxy) is 1. The van der Waals surface area contributed by atoms with Crippen molar-refractivity contribution in [1.29, 1.82) is 0 Å². The Bertz CT molecular complexity index is 1180. The largest absolute Gasteiger partial charge is 0.497 e. The summed E-state index contributed by atoms with van der Waals surface area (Å²) in [5, 5.41) is 1.97. The fourth-order valence-electron chi connectivity index (χ4n) is 4.18. The lowest BCUT2D eigenvalue weighted by Gasteiger charge is -2.25. The van der Waals surface area contributed by atoms with Gasteiger partial charge in [0.1, 0.15) is 5.75 Å². The van der Waals surface area contributed by atoms with E-state index in [1.165, 1.54) is 12.1 Å². The van der Waals surface area contributed by atoms with E-state index in [9.17, 15) is 13.2 Å². The Hall–Kier alpha value is -2.68. The summed E-state index contributed by atoms with van der Waals surface area (Å²) in [5.74, 6) is 0.749. The molecule has 1 N–H and O–H groups in total. The molecule has 1 saturated heterocycles. The zero-order valence-corrected chi connectivity index (χ0v) is 20.2. The van der Waals surface area contributed by atoms with Gasteiger partial charge in [-0.05, 0) is 79.1 Å². The number of nitrogens with zero attached hydrogens (tertiary/aromatic N) is 1. The van der Waals surface area contributed by atoms with Crippen LogP contribution in [0.1, 0.15) is 33.6 Å². The molecule has 1 aliphatic heterocycles. The molecule has 0 radical (unpaired) electrons. The first-order chi connectivity index (χ1) is 16.0. The zero-order valence-electron chi connectivity index (χ0n) is 18.6. The van der Waals surface area contributed by atoms with Gasteiger partial charge in [0.05, 0.1) is 12.0 Å². The first-order valence-electron chi connectivity index (χ1n) is 11.0. The number of carbonyl (C=O) groups is 1. The molecule has 8 heteroatoms. The Morgan fingerprint density at radius 2 is 1.97 bits per heavy atom. The minimum Gasteiger partial charge on any atom is -0.497 e. The first kappa shape index (κ1) is 23.5. The van der Waals surface area contributed by atoms with Crippen LogP contribution in [0.5, 0.6) is 5.75 Å². The maximum Gasteiger partial charge on any atom is 0.254 e. The van der Waals surface area contributed by atoms with Crippen LogP contribution in [0.4, 0.5) is 0 Å². The minimum absolute atomic E-state index is 0.0602. The van der Waals surface area contributed by atoms with Crippen LogP contribution in [-0.2, 0) is 22.9 Å². The van der Waals surface area contributed by atoms with Gasteiger partial charge in [0.15, 0.2) is 0 Å². The molecule has 1 atom stereocenters. The Morgan fingerprint density at radius 3 is 2.70 bits per heavy atom.